The Morgan fingerprint density at radius 3 is 2.23 bits per heavy atom. The van der Waals surface area contributed by atoms with E-state index >= 15 is 4.39 Å². The van der Waals surface area contributed by atoms with Gasteiger partial charge in [-0.3, -0.25) is 0 Å². The van der Waals surface area contributed by atoms with Crippen LogP contribution >= 0.6 is 0 Å². The van der Waals surface area contributed by atoms with E-state index in [1.54, 1.807) is 19.2 Å². The molecule has 44 heavy (non-hydrogen) atoms. The Bertz CT molecular complexity index is 1110. The predicted octanol–water partition coefficient (Wildman–Crippen LogP) is 9.22. The molecule has 2 fully saturated rings. The van der Waals surface area contributed by atoms with Crippen LogP contribution in [0.15, 0.2) is 18.2 Å². The highest BCUT2D eigenvalue weighted by Crippen LogP contribution is 2.66. The number of phenols is 1. The van der Waals surface area contributed by atoms with Gasteiger partial charge in [0.05, 0.1) is 25.7 Å². The first kappa shape index (κ1) is 35.3. The van der Waals surface area contributed by atoms with Crippen LogP contribution in [0.2, 0.25) is 0 Å². The Hall–Kier alpha value is -1.52. The molecule has 0 radical (unpaired) electrons. The van der Waals surface area contributed by atoms with E-state index in [2.05, 4.69) is 6.92 Å². The van der Waals surface area contributed by atoms with E-state index in [1.807, 2.05) is 13.0 Å². The molecule has 0 heterocycles. The van der Waals surface area contributed by atoms with Gasteiger partial charge in [0.2, 0.25) is 0 Å². The molecule has 2 saturated carbocycles. The second-order valence-corrected chi connectivity index (χ2v) is 14.8. The van der Waals surface area contributed by atoms with Crippen molar-refractivity contribution in [3.05, 3.63) is 34.5 Å². The zero-order chi connectivity index (χ0) is 32.6. The minimum Gasteiger partial charge on any atom is -0.633 e. The first-order chi connectivity index (χ1) is 20.4. The van der Waals surface area contributed by atoms with Crippen molar-refractivity contribution in [1.82, 2.24) is 0 Å². The Morgan fingerprint density at radius 1 is 0.955 bits per heavy atom. The summed E-state index contributed by atoms with van der Waals surface area (Å²) in [6.45, 7) is 4.75. The summed E-state index contributed by atoms with van der Waals surface area (Å²) in [7, 11) is 1.62. The van der Waals surface area contributed by atoms with E-state index in [0.717, 1.165) is 49.7 Å². The molecule has 2 N–H and O–H groups in total. The third-order valence-corrected chi connectivity index (χ3v) is 11.6. The molecule has 8 unspecified atom stereocenters. The van der Waals surface area contributed by atoms with E-state index in [-0.39, 0.29) is 42.3 Å². The molecular weight excluding hydrogens is 584 g/mol. The van der Waals surface area contributed by atoms with Crippen LogP contribution in [0, 0.1) is 28.4 Å². The SMILES string of the molecule is CC1(O)CCC2C3C(CCCCC[N+](C)([O-])CCCCCCCC(F)(F)C(F)(F)F)Cc4cc(O)ccc4C3C(F)CC21C. The van der Waals surface area contributed by atoms with Crippen LogP contribution in [0.4, 0.5) is 26.3 Å². The summed E-state index contributed by atoms with van der Waals surface area (Å²) in [5.41, 5.74) is 0.648. The number of benzene rings is 1. The largest absolute Gasteiger partial charge is 0.633 e. The Balaban J connectivity index is 1.24. The third kappa shape index (κ3) is 7.54. The number of aromatic hydroxyl groups is 1. The minimum atomic E-state index is -5.50. The first-order valence-electron chi connectivity index (χ1n) is 16.6. The fourth-order valence-electron chi connectivity index (χ4n) is 8.89. The third-order valence-electron chi connectivity index (χ3n) is 11.6. The quantitative estimate of drug-likeness (QED) is 0.0927. The second-order valence-electron chi connectivity index (χ2n) is 14.8. The van der Waals surface area contributed by atoms with Gasteiger partial charge in [-0.15, -0.1) is 0 Å². The average Bonchev–Trinajstić information content (AvgIpc) is 3.14. The number of quaternary nitrogens is 1. The molecule has 1 aromatic rings. The summed E-state index contributed by atoms with van der Waals surface area (Å²) in [5, 5.41) is 34.4. The predicted molar refractivity (Wildman–Crippen MR) is 159 cm³/mol. The molecule has 4 rings (SSSR count). The zero-order valence-electron chi connectivity index (χ0n) is 26.5. The van der Waals surface area contributed by atoms with Crippen molar-refractivity contribution in [1.29, 1.82) is 0 Å². The summed E-state index contributed by atoms with van der Waals surface area (Å²) < 4.78 is 78.4. The van der Waals surface area contributed by atoms with Gasteiger partial charge in [-0.2, -0.15) is 22.0 Å². The van der Waals surface area contributed by atoms with E-state index in [4.69, 9.17) is 0 Å². The number of hydroxylamine groups is 3. The number of hydrogen-bond donors (Lipinski definition) is 2. The van der Waals surface area contributed by atoms with E-state index in [9.17, 15) is 37.4 Å². The molecule has 0 saturated heterocycles. The number of fused-ring (bicyclic) bond motifs is 5. The van der Waals surface area contributed by atoms with E-state index in [0.29, 0.717) is 45.2 Å². The number of phenolic OH excluding ortho intramolecular Hbond substituents is 1. The molecule has 252 valence electrons. The number of hydrogen-bond acceptors (Lipinski definition) is 3. The lowest BCUT2D eigenvalue weighted by Crippen LogP contribution is -2.54. The highest BCUT2D eigenvalue weighted by atomic mass is 19.4. The summed E-state index contributed by atoms with van der Waals surface area (Å²) in [5.74, 6) is -4.11. The lowest BCUT2D eigenvalue weighted by atomic mass is 9.50. The molecular formula is C34H51F6NO3. The monoisotopic (exact) mass is 635 g/mol. The molecule has 0 spiro atoms. The molecule has 0 amide bonds. The Labute approximate surface area is 258 Å². The molecule has 0 aliphatic heterocycles. The fourth-order valence-corrected chi connectivity index (χ4v) is 8.89. The van der Waals surface area contributed by atoms with Crippen molar-refractivity contribution < 1.29 is 41.2 Å². The molecule has 1 aromatic carbocycles. The van der Waals surface area contributed by atoms with Crippen molar-refractivity contribution in [3.63, 3.8) is 0 Å². The number of nitrogens with zero attached hydrogens (tertiary/aromatic N) is 1. The smallest absolute Gasteiger partial charge is 0.453 e. The highest BCUT2D eigenvalue weighted by molar-refractivity contribution is 5.41. The van der Waals surface area contributed by atoms with Crippen LogP contribution in [0.5, 0.6) is 5.75 Å². The summed E-state index contributed by atoms with van der Waals surface area (Å²) in [6.07, 6.45) is 0.142. The molecule has 3 aliphatic carbocycles. The van der Waals surface area contributed by atoms with Crippen molar-refractivity contribution in [3.8, 4) is 5.75 Å². The van der Waals surface area contributed by atoms with Crippen molar-refractivity contribution in [2.75, 3.05) is 20.1 Å². The summed E-state index contributed by atoms with van der Waals surface area (Å²) >= 11 is 0. The maximum Gasteiger partial charge on any atom is 0.453 e. The Morgan fingerprint density at radius 2 is 1.57 bits per heavy atom. The molecule has 10 heteroatoms. The van der Waals surface area contributed by atoms with Gasteiger partial charge in [0.1, 0.15) is 11.9 Å². The van der Waals surface area contributed by atoms with Crippen LogP contribution in [0.3, 0.4) is 0 Å². The number of halogens is 6. The molecule has 3 aliphatic rings. The lowest BCUT2D eigenvalue weighted by molar-refractivity contribution is -0.861. The van der Waals surface area contributed by atoms with Gasteiger partial charge in [0.25, 0.3) is 0 Å². The Kier molecular flexibility index (Phi) is 10.7. The maximum absolute atomic E-state index is 16.1. The van der Waals surface area contributed by atoms with Gasteiger partial charge < -0.3 is 20.1 Å². The highest BCUT2D eigenvalue weighted by Gasteiger charge is 2.63. The van der Waals surface area contributed by atoms with Gasteiger partial charge in [0.15, 0.2) is 0 Å². The normalized spacial score (nSPS) is 33.4. The van der Waals surface area contributed by atoms with E-state index in [1.165, 1.54) is 0 Å². The molecule has 8 atom stereocenters. The minimum absolute atomic E-state index is 0.120. The molecule has 4 nitrogen and oxygen atoms in total. The van der Waals surface area contributed by atoms with E-state index < -0.39 is 40.4 Å². The van der Waals surface area contributed by atoms with Crippen LogP contribution in [-0.4, -0.2) is 58.9 Å². The number of rotatable bonds is 14. The summed E-state index contributed by atoms with van der Waals surface area (Å²) in [6, 6.07) is 5.32. The van der Waals surface area contributed by atoms with Crippen molar-refractivity contribution >= 4 is 0 Å². The van der Waals surface area contributed by atoms with Gasteiger partial charge in [-0.1, -0.05) is 32.3 Å². The number of unbranched alkanes of at least 4 members (excludes halogenated alkanes) is 6. The van der Waals surface area contributed by atoms with Gasteiger partial charge in [0, 0.05) is 17.8 Å². The van der Waals surface area contributed by atoms with Crippen LogP contribution in [-0.2, 0) is 6.42 Å². The van der Waals surface area contributed by atoms with Crippen molar-refractivity contribution in [2.45, 2.75) is 134 Å². The lowest BCUT2D eigenvalue weighted by Gasteiger charge is -2.56. The number of aliphatic hydroxyl groups is 1. The fraction of sp³-hybridized carbons (Fsp3) is 0.824. The van der Waals surface area contributed by atoms with Crippen LogP contribution < -0.4 is 0 Å². The van der Waals surface area contributed by atoms with Crippen LogP contribution in [0.25, 0.3) is 0 Å². The summed E-state index contributed by atoms with van der Waals surface area (Å²) in [4.78, 5) is 0. The average molecular weight is 636 g/mol. The number of alkyl halides is 6. The topological polar surface area (TPSA) is 63.5 Å². The van der Waals surface area contributed by atoms with Gasteiger partial charge in [-0.05, 0) is 112 Å². The maximum atomic E-state index is 16.1. The van der Waals surface area contributed by atoms with Crippen LogP contribution in [0.1, 0.15) is 114 Å². The standard InChI is InChI=1S/C34H51F6NO3/c1-31-22-28(35)30-26-14-13-25(42)21-24(26)20-23(29(30)27(31)15-17-32(31,2)43)12-8-7-11-19-41(3,44)18-10-6-4-5-9-16-33(36,37)34(38,39)40/h13-14,21,23,27-30,42-43H,4-12,15-20,22H2,1-3H3. The second kappa shape index (κ2) is 13.3. The van der Waals surface area contributed by atoms with Gasteiger partial charge >= 0.3 is 12.1 Å². The first-order valence-corrected chi connectivity index (χ1v) is 16.6. The molecule has 0 aromatic heterocycles. The zero-order valence-corrected chi connectivity index (χ0v) is 26.5. The molecule has 0 bridgehead atoms. The van der Waals surface area contributed by atoms with Crippen molar-refractivity contribution in [2.24, 2.45) is 23.2 Å². The van der Waals surface area contributed by atoms with Gasteiger partial charge in [-0.25, -0.2) is 4.39 Å².